The van der Waals surface area contributed by atoms with Crippen LogP contribution in [0.1, 0.15) is 38.1 Å². The Labute approximate surface area is 138 Å². The van der Waals surface area contributed by atoms with E-state index < -0.39 is 0 Å². The number of hydrogen-bond donors (Lipinski definition) is 2. The van der Waals surface area contributed by atoms with E-state index in [1.54, 1.807) is 0 Å². The van der Waals surface area contributed by atoms with Gasteiger partial charge in [0.05, 0.1) is 13.1 Å². The number of carbonyl (C=O) groups is 1. The molecule has 0 spiro atoms. The summed E-state index contributed by atoms with van der Waals surface area (Å²) >= 11 is 0. The molecule has 0 bridgehead atoms. The number of aromatic nitrogens is 1. The Morgan fingerprint density at radius 1 is 1.17 bits per heavy atom. The average molecular weight is 311 g/mol. The minimum absolute atomic E-state index is 0.0969. The molecule has 0 saturated carbocycles. The molecular formula is C19H25N3O. The van der Waals surface area contributed by atoms with Crippen molar-refractivity contribution in [1.82, 2.24) is 15.2 Å². The largest absolute Gasteiger partial charge is 0.361 e. The van der Waals surface area contributed by atoms with E-state index in [1.165, 1.54) is 0 Å². The number of hydrogen-bond acceptors (Lipinski definition) is 2. The molecule has 4 nitrogen and oxygen atoms in total. The van der Waals surface area contributed by atoms with Gasteiger partial charge in [0.2, 0.25) is 0 Å². The van der Waals surface area contributed by atoms with Crippen LogP contribution < -0.4 is 5.32 Å². The summed E-state index contributed by atoms with van der Waals surface area (Å²) in [6.45, 7) is 9.76. The highest BCUT2D eigenvalue weighted by Crippen LogP contribution is 2.13. The molecule has 1 aromatic carbocycles. The van der Waals surface area contributed by atoms with E-state index in [1.807, 2.05) is 30.5 Å². The number of benzene rings is 1. The summed E-state index contributed by atoms with van der Waals surface area (Å²) in [5, 5.41) is 3.94. The molecule has 122 valence electrons. The maximum atomic E-state index is 12.1. The summed E-state index contributed by atoms with van der Waals surface area (Å²) in [5.74, 6) is 6.07. The molecule has 0 radical (unpaired) electrons. The average Bonchev–Trinajstić information content (AvgIpc) is 2.97. The van der Waals surface area contributed by atoms with Crippen molar-refractivity contribution in [3.8, 4) is 11.8 Å². The smallest absolute Gasteiger partial charge is 0.252 e. The first kappa shape index (κ1) is 17.1. The van der Waals surface area contributed by atoms with Crippen molar-refractivity contribution >= 4 is 16.8 Å². The minimum atomic E-state index is -0.0969. The molecule has 23 heavy (non-hydrogen) atoms. The molecule has 0 aliphatic rings. The Morgan fingerprint density at radius 2 is 1.91 bits per heavy atom. The molecular weight excluding hydrogens is 286 g/mol. The number of amides is 1. The molecule has 0 unspecified atom stereocenters. The van der Waals surface area contributed by atoms with Crippen LogP contribution in [0, 0.1) is 11.8 Å². The van der Waals surface area contributed by atoms with Crippen molar-refractivity contribution in [2.24, 2.45) is 0 Å². The summed E-state index contributed by atoms with van der Waals surface area (Å²) in [6, 6.07) is 8.54. The van der Waals surface area contributed by atoms with Crippen LogP contribution in [-0.2, 0) is 0 Å². The monoisotopic (exact) mass is 311 g/mol. The quantitative estimate of drug-likeness (QED) is 0.834. The third-order valence-corrected chi connectivity index (χ3v) is 3.87. The molecule has 0 fully saturated rings. The maximum Gasteiger partial charge on any atom is 0.252 e. The topological polar surface area (TPSA) is 48.1 Å². The van der Waals surface area contributed by atoms with Crippen molar-refractivity contribution in [2.75, 3.05) is 13.1 Å². The number of nitrogens with one attached hydrogen (secondary N) is 2. The predicted molar refractivity (Wildman–Crippen MR) is 95.4 cm³/mol. The molecule has 1 amide bonds. The fraction of sp³-hybridized carbons (Fsp3) is 0.421. The van der Waals surface area contributed by atoms with Crippen LogP contribution in [0.4, 0.5) is 0 Å². The van der Waals surface area contributed by atoms with Crippen molar-refractivity contribution in [3.63, 3.8) is 0 Å². The summed E-state index contributed by atoms with van der Waals surface area (Å²) in [6.07, 6.45) is 1.87. The summed E-state index contributed by atoms with van der Waals surface area (Å²) in [5.41, 5.74) is 1.61. The van der Waals surface area contributed by atoms with Gasteiger partial charge in [0.15, 0.2) is 0 Å². The molecule has 0 aliphatic carbocycles. The first-order valence-electron chi connectivity index (χ1n) is 8.06. The number of carbonyl (C=O) groups excluding carboxylic acids is 1. The van der Waals surface area contributed by atoms with Crippen molar-refractivity contribution in [3.05, 3.63) is 36.0 Å². The molecule has 0 saturated heterocycles. The van der Waals surface area contributed by atoms with E-state index in [9.17, 15) is 4.79 Å². The Kier molecular flexibility index (Phi) is 5.84. The van der Waals surface area contributed by atoms with Gasteiger partial charge in [0, 0.05) is 29.4 Å². The van der Waals surface area contributed by atoms with E-state index in [-0.39, 0.29) is 5.91 Å². The third kappa shape index (κ3) is 4.61. The van der Waals surface area contributed by atoms with Gasteiger partial charge >= 0.3 is 0 Å². The van der Waals surface area contributed by atoms with Gasteiger partial charge in [-0.1, -0.05) is 17.9 Å². The van der Waals surface area contributed by atoms with Crippen LogP contribution in [0.25, 0.3) is 10.9 Å². The Bertz CT molecular complexity index is 711. The van der Waals surface area contributed by atoms with Crippen LogP contribution in [0.5, 0.6) is 0 Å². The first-order valence-corrected chi connectivity index (χ1v) is 8.06. The van der Waals surface area contributed by atoms with Crippen LogP contribution >= 0.6 is 0 Å². The molecule has 0 aliphatic heterocycles. The SMILES string of the molecule is CC(C)N(CC#CCNC(=O)c1ccc2cc[nH]c2c1)C(C)C. The zero-order chi connectivity index (χ0) is 16.8. The fourth-order valence-corrected chi connectivity index (χ4v) is 2.59. The van der Waals surface area contributed by atoms with Gasteiger partial charge in [-0.3, -0.25) is 9.69 Å². The molecule has 2 aromatic rings. The minimum Gasteiger partial charge on any atom is -0.361 e. The maximum absolute atomic E-state index is 12.1. The highest BCUT2D eigenvalue weighted by Gasteiger charge is 2.11. The number of fused-ring (bicyclic) bond motifs is 1. The predicted octanol–water partition coefficient (Wildman–Crippen LogP) is 3.02. The highest BCUT2D eigenvalue weighted by molar-refractivity contribution is 5.97. The van der Waals surface area contributed by atoms with Gasteiger partial charge in [0.25, 0.3) is 5.91 Å². The van der Waals surface area contributed by atoms with Crippen LogP contribution in [-0.4, -0.2) is 41.0 Å². The van der Waals surface area contributed by atoms with Crippen molar-refractivity contribution in [2.45, 2.75) is 39.8 Å². The summed E-state index contributed by atoms with van der Waals surface area (Å²) in [7, 11) is 0. The van der Waals surface area contributed by atoms with Gasteiger partial charge in [0.1, 0.15) is 0 Å². The van der Waals surface area contributed by atoms with Gasteiger partial charge in [-0.25, -0.2) is 0 Å². The second-order valence-electron chi connectivity index (χ2n) is 6.18. The zero-order valence-electron chi connectivity index (χ0n) is 14.3. The van der Waals surface area contributed by atoms with Crippen LogP contribution in [0.15, 0.2) is 30.5 Å². The number of aromatic amines is 1. The normalized spacial score (nSPS) is 11.1. The van der Waals surface area contributed by atoms with E-state index >= 15 is 0 Å². The molecule has 1 aromatic heterocycles. The van der Waals surface area contributed by atoms with Crippen molar-refractivity contribution in [1.29, 1.82) is 0 Å². The lowest BCUT2D eigenvalue weighted by Crippen LogP contribution is -2.37. The first-order chi connectivity index (χ1) is 11.0. The van der Waals surface area contributed by atoms with E-state index in [2.05, 4.69) is 54.7 Å². The number of H-pyrrole nitrogens is 1. The molecule has 1 heterocycles. The zero-order valence-corrected chi connectivity index (χ0v) is 14.3. The lowest BCUT2D eigenvalue weighted by molar-refractivity contribution is 0.0959. The third-order valence-electron chi connectivity index (χ3n) is 3.87. The lowest BCUT2D eigenvalue weighted by Gasteiger charge is -2.28. The van der Waals surface area contributed by atoms with E-state index in [0.29, 0.717) is 24.2 Å². The van der Waals surface area contributed by atoms with Gasteiger partial charge in [-0.2, -0.15) is 0 Å². The van der Waals surface area contributed by atoms with E-state index in [0.717, 1.165) is 17.4 Å². The lowest BCUT2D eigenvalue weighted by atomic mass is 10.1. The van der Waals surface area contributed by atoms with Gasteiger partial charge < -0.3 is 10.3 Å². The Balaban J connectivity index is 1.86. The van der Waals surface area contributed by atoms with Crippen LogP contribution in [0.3, 0.4) is 0 Å². The molecule has 2 N–H and O–H groups in total. The van der Waals surface area contributed by atoms with E-state index in [4.69, 9.17) is 0 Å². The van der Waals surface area contributed by atoms with Gasteiger partial charge in [-0.15, -0.1) is 0 Å². The number of rotatable bonds is 5. The van der Waals surface area contributed by atoms with Crippen molar-refractivity contribution < 1.29 is 4.79 Å². The summed E-state index contributed by atoms with van der Waals surface area (Å²) < 4.78 is 0. The molecule has 4 heteroatoms. The second-order valence-corrected chi connectivity index (χ2v) is 6.18. The number of nitrogens with zero attached hydrogens (tertiary/aromatic N) is 1. The highest BCUT2D eigenvalue weighted by atomic mass is 16.1. The Hall–Kier alpha value is -2.25. The fourth-order valence-electron chi connectivity index (χ4n) is 2.59. The summed E-state index contributed by atoms with van der Waals surface area (Å²) in [4.78, 5) is 17.5. The standard InChI is InChI=1S/C19H25N3O/c1-14(2)22(15(3)4)12-6-5-10-21-19(23)17-8-7-16-9-11-20-18(16)13-17/h7-9,11,13-15,20H,10,12H2,1-4H3,(H,21,23). The van der Waals surface area contributed by atoms with Crippen LogP contribution in [0.2, 0.25) is 0 Å². The van der Waals surface area contributed by atoms with Gasteiger partial charge in [-0.05, 0) is 51.3 Å². The molecule has 2 rings (SSSR count). The second kappa shape index (κ2) is 7.85. The molecule has 0 atom stereocenters. The Morgan fingerprint density at radius 3 is 2.61 bits per heavy atom.